The average Bonchev–Trinajstić information content (AvgIpc) is 2.45. The summed E-state index contributed by atoms with van der Waals surface area (Å²) in [5.41, 5.74) is 1.25. The van der Waals surface area contributed by atoms with Gasteiger partial charge in [0.1, 0.15) is 0 Å². The molecule has 0 aromatic heterocycles. The molecule has 1 atom stereocenters. The van der Waals surface area contributed by atoms with Crippen LogP contribution in [0.4, 0.5) is 13.2 Å². The van der Waals surface area contributed by atoms with Gasteiger partial charge in [-0.15, -0.1) is 24.0 Å². The minimum absolute atomic E-state index is 0. The number of hydrogen-bond acceptors (Lipinski definition) is 1. The van der Waals surface area contributed by atoms with Crippen LogP contribution in [0.1, 0.15) is 32.3 Å². The summed E-state index contributed by atoms with van der Waals surface area (Å²) in [6.07, 6.45) is -3.27. The molecule has 3 nitrogen and oxygen atoms in total. The van der Waals surface area contributed by atoms with Gasteiger partial charge in [0.25, 0.3) is 0 Å². The van der Waals surface area contributed by atoms with Crippen molar-refractivity contribution < 1.29 is 13.2 Å². The smallest absolute Gasteiger partial charge is 0.357 e. The number of hydrogen-bond donors (Lipinski definition) is 2. The third-order valence-corrected chi connectivity index (χ3v) is 3.10. The van der Waals surface area contributed by atoms with Gasteiger partial charge in [-0.1, -0.05) is 30.3 Å². The standard InChI is InChI=1S/C16H24F3N3.HI/c1-3-20-15(21-12-11-16(17,18)19)22-13(2)9-10-14-7-5-4-6-8-14;/h4-8,13H,3,9-12H2,1-2H3,(H2,20,21,22);1H. The summed E-state index contributed by atoms with van der Waals surface area (Å²) >= 11 is 0. The lowest BCUT2D eigenvalue weighted by Gasteiger charge is -2.18. The molecule has 1 rings (SSSR count). The summed E-state index contributed by atoms with van der Waals surface area (Å²) in [5.74, 6) is 0.437. The van der Waals surface area contributed by atoms with Crippen LogP contribution >= 0.6 is 24.0 Å². The van der Waals surface area contributed by atoms with Crippen molar-refractivity contribution in [3.8, 4) is 0 Å². The number of aliphatic imine (C=N–C) groups is 1. The number of nitrogens with one attached hydrogen (secondary N) is 2. The second-order valence-electron chi connectivity index (χ2n) is 5.20. The van der Waals surface area contributed by atoms with Crippen LogP contribution in [0.25, 0.3) is 0 Å². The number of benzene rings is 1. The van der Waals surface area contributed by atoms with Crippen molar-refractivity contribution in [1.82, 2.24) is 10.6 Å². The maximum Gasteiger partial charge on any atom is 0.390 e. The highest BCUT2D eigenvalue weighted by atomic mass is 127. The molecule has 1 aromatic carbocycles. The van der Waals surface area contributed by atoms with Gasteiger partial charge in [-0.3, -0.25) is 4.99 Å². The number of guanidine groups is 1. The third-order valence-electron chi connectivity index (χ3n) is 3.10. The molecule has 0 aliphatic carbocycles. The van der Waals surface area contributed by atoms with Crippen LogP contribution in [-0.4, -0.2) is 31.3 Å². The topological polar surface area (TPSA) is 36.4 Å². The molecule has 0 aliphatic heterocycles. The number of aryl methyl sites for hydroxylation is 1. The van der Waals surface area contributed by atoms with Crippen LogP contribution in [0.5, 0.6) is 0 Å². The third kappa shape index (κ3) is 11.2. The van der Waals surface area contributed by atoms with E-state index in [9.17, 15) is 13.2 Å². The molecule has 23 heavy (non-hydrogen) atoms. The van der Waals surface area contributed by atoms with E-state index >= 15 is 0 Å². The molecule has 0 amide bonds. The largest absolute Gasteiger partial charge is 0.390 e. The van der Waals surface area contributed by atoms with Crippen molar-refractivity contribution in [3.63, 3.8) is 0 Å². The van der Waals surface area contributed by atoms with Crippen molar-refractivity contribution in [1.29, 1.82) is 0 Å². The van der Waals surface area contributed by atoms with E-state index in [1.807, 2.05) is 32.0 Å². The van der Waals surface area contributed by atoms with Crippen LogP contribution in [0, 0.1) is 0 Å². The fourth-order valence-corrected chi connectivity index (χ4v) is 1.95. The van der Waals surface area contributed by atoms with Crippen LogP contribution < -0.4 is 10.6 Å². The number of halogens is 4. The second kappa shape index (κ2) is 11.5. The van der Waals surface area contributed by atoms with E-state index in [4.69, 9.17) is 0 Å². The number of rotatable bonds is 7. The predicted molar refractivity (Wildman–Crippen MR) is 99.4 cm³/mol. The van der Waals surface area contributed by atoms with E-state index in [1.54, 1.807) is 0 Å². The summed E-state index contributed by atoms with van der Waals surface area (Å²) in [4.78, 5) is 3.97. The molecule has 1 aromatic rings. The monoisotopic (exact) mass is 443 g/mol. The highest BCUT2D eigenvalue weighted by Crippen LogP contribution is 2.18. The van der Waals surface area contributed by atoms with Gasteiger partial charge < -0.3 is 10.6 Å². The van der Waals surface area contributed by atoms with Crippen molar-refractivity contribution in [2.75, 3.05) is 13.1 Å². The zero-order valence-electron chi connectivity index (χ0n) is 13.5. The fraction of sp³-hybridized carbons (Fsp3) is 0.562. The van der Waals surface area contributed by atoms with Gasteiger partial charge in [-0.05, 0) is 32.3 Å². The van der Waals surface area contributed by atoms with Crippen LogP contribution in [0.3, 0.4) is 0 Å². The molecule has 0 saturated carbocycles. The molecule has 0 bridgehead atoms. The van der Waals surface area contributed by atoms with Crippen LogP contribution in [0.15, 0.2) is 35.3 Å². The molecule has 0 heterocycles. The highest BCUT2D eigenvalue weighted by molar-refractivity contribution is 14.0. The Morgan fingerprint density at radius 3 is 2.43 bits per heavy atom. The Morgan fingerprint density at radius 1 is 1.22 bits per heavy atom. The first-order valence-corrected chi connectivity index (χ1v) is 7.56. The SMILES string of the molecule is CCNC(=NCCC(F)(F)F)NC(C)CCc1ccccc1.I. The molecule has 0 aliphatic rings. The first-order chi connectivity index (χ1) is 10.4. The quantitative estimate of drug-likeness (QED) is 0.378. The molecule has 1 unspecified atom stereocenters. The van der Waals surface area contributed by atoms with Gasteiger partial charge in [-0.2, -0.15) is 13.2 Å². The van der Waals surface area contributed by atoms with E-state index in [-0.39, 0.29) is 36.6 Å². The first-order valence-electron chi connectivity index (χ1n) is 7.56. The Morgan fingerprint density at radius 2 is 1.87 bits per heavy atom. The van der Waals surface area contributed by atoms with E-state index in [2.05, 4.69) is 27.8 Å². The summed E-state index contributed by atoms with van der Waals surface area (Å²) in [6.45, 7) is 4.24. The zero-order valence-corrected chi connectivity index (χ0v) is 15.8. The van der Waals surface area contributed by atoms with Crippen molar-refractivity contribution in [2.24, 2.45) is 4.99 Å². The lowest BCUT2D eigenvalue weighted by molar-refractivity contribution is -0.132. The Kier molecular flexibility index (Phi) is 11.0. The zero-order chi connectivity index (χ0) is 16.4. The lowest BCUT2D eigenvalue weighted by Crippen LogP contribution is -2.42. The molecular weight excluding hydrogens is 418 g/mol. The summed E-state index contributed by atoms with van der Waals surface area (Å²) < 4.78 is 36.5. The Balaban J connectivity index is 0.00000484. The normalized spacial score (nSPS) is 13.2. The van der Waals surface area contributed by atoms with Gasteiger partial charge >= 0.3 is 6.18 Å². The molecular formula is C16H25F3IN3. The average molecular weight is 443 g/mol. The molecule has 0 radical (unpaired) electrons. The minimum atomic E-state index is -4.17. The second-order valence-corrected chi connectivity index (χ2v) is 5.20. The number of alkyl halides is 3. The molecule has 132 valence electrons. The Labute approximate surface area is 153 Å². The van der Waals surface area contributed by atoms with Crippen LogP contribution in [0.2, 0.25) is 0 Å². The Bertz CT molecular complexity index is 450. The van der Waals surface area contributed by atoms with Gasteiger partial charge in [0, 0.05) is 12.6 Å². The molecule has 0 saturated heterocycles. The van der Waals surface area contributed by atoms with Crippen molar-refractivity contribution >= 4 is 29.9 Å². The predicted octanol–water partition coefficient (Wildman–Crippen LogP) is 4.13. The van der Waals surface area contributed by atoms with E-state index in [0.29, 0.717) is 12.5 Å². The van der Waals surface area contributed by atoms with E-state index < -0.39 is 12.6 Å². The highest BCUT2D eigenvalue weighted by Gasteiger charge is 2.26. The molecule has 2 N–H and O–H groups in total. The van der Waals surface area contributed by atoms with Gasteiger partial charge in [0.05, 0.1) is 13.0 Å². The van der Waals surface area contributed by atoms with E-state index in [0.717, 1.165) is 12.8 Å². The van der Waals surface area contributed by atoms with Gasteiger partial charge in [0.2, 0.25) is 0 Å². The lowest BCUT2D eigenvalue weighted by atomic mass is 10.1. The summed E-state index contributed by atoms with van der Waals surface area (Å²) in [7, 11) is 0. The number of nitrogens with zero attached hydrogens (tertiary/aromatic N) is 1. The first kappa shape index (κ1) is 22.0. The van der Waals surface area contributed by atoms with Crippen molar-refractivity contribution in [3.05, 3.63) is 35.9 Å². The maximum atomic E-state index is 12.2. The van der Waals surface area contributed by atoms with E-state index in [1.165, 1.54) is 5.56 Å². The minimum Gasteiger partial charge on any atom is -0.357 e. The molecule has 7 heteroatoms. The maximum absolute atomic E-state index is 12.2. The molecule has 0 spiro atoms. The Hall–Kier alpha value is -0.990. The van der Waals surface area contributed by atoms with Crippen LogP contribution in [-0.2, 0) is 6.42 Å². The van der Waals surface area contributed by atoms with Gasteiger partial charge in [0.15, 0.2) is 5.96 Å². The van der Waals surface area contributed by atoms with Crippen molar-refractivity contribution in [2.45, 2.75) is 45.3 Å². The van der Waals surface area contributed by atoms with Gasteiger partial charge in [-0.25, -0.2) is 0 Å². The summed E-state index contributed by atoms with van der Waals surface area (Å²) in [5, 5.41) is 6.12. The fourth-order valence-electron chi connectivity index (χ4n) is 1.95. The molecule has 0 fully saturated rings. The summed E-state index contributed by atoms with van der Waals surface area (Å²) in [6, 6.07) is 10.2.